The van der Waals surface area contributed by atoms with Gasteiger partial charge in [0.25, 0.3) is 0 Å². The second kappa shape index (κ2) is 4.37. The van der Waals surface area contributed by atoms with Crippen molar-refractivity contribution in [3.05, 3.63) is 54.2 Å². The van der Waals surface area contributed by atoms with Crippen LogP contribution in [0.1, 0.15) is 10.5 Å². The summed E-state index contributed by atoms with van der Waals surface area (Å²) in [5, 5.41) is 0. The van der Waals surface area contributed by atoms with Gasteiger partial charge >= 0.3 is 0 Å². The van der Waals surface area contributed by atoms with E-state index in [4.69, 9.17) is 4.74 Å². The van der Waals surface area contributed by atoms with Crippen LogP contribution in [-0.2, 0) is 0 Å². The first-order chi connectivity index (χ1) is 7.38. The van der Waals surface area contributed by atoms with Gasteiger partial charge in [0, 0.05) is 6.07 Å². The number of carbonyl (C=O) groups is 1. The topological polar surface area (TPSA) is 39.2 Å². The smallest absolute Gasteiger partial charge is 0.219 e. The molecule has 0 radical (unpaired) electrons. The van der Waals surface area contributed by atoms with E-state index in [1.807, 2.05) is 30.3 Å². The zero-order valence-electron chi connectivity index (χ0n) is 7.96. The average Bonchev–Trinajstić information content (AvgIpc) is 2.31. The van der Waals surface area contributed by atoms with E-state index in [0.717, 1.165) is 0 Å². The van der Waals surface area contributed by atoms with Gasteiger partial charge in [0.1, 0.15) is 11.4 Å². The van der Waals surface area contributed by atoms with E-state index >= 15 is 0 Å². The predicted octanol–water partition coefficient (Wildman–Crippen LogP) is 2.69. The summed E-state index contributed by atoms with van der Waals surface area (Å²) in [7, 11) is 0. The van der Waals surface area contributed by atoms with E-state index in [2.05, 4.69) is 4.98 Å². The minimum Gasteiger partial charge on any atom is -0.439 e. The second-order valence-corrected chi connectivity index (χ2v) is 2.93. The number of pyridine rings is 1. The van der Waals surface area contributed by atoms with Crippen LogP contribution in [0, 0.1) is 0 Å². The molecule has 0 amide bonds. The lowest BCUT2D eigenvalue weighted by Gasteiger charge is -2.03. The van der Waals surface area contributed by atoms with Gasteiger partial charge in [-0.25, -0.2) is 4.98 Å². The molecular formula is C12H9NO2. The van der Waals surface area contributed by atoms with Crippen LogP contribution in [0.15, 0.2) is 48.5 Å². The monoisotopic (exact) mass is 199 g/mol. The summed E-state index contributed by atoms with van der Waals surface area (Å²) < 4.78 is 5.45. The SMILES string of the molecule is O=Cc1cccc(Oc2ccccc2)n1. The van der Waals surface area contributed by atoms with Crippen LogP contribution in [0.4, 0.5) is 0 Å². The molecule has 0 aliphatic carbocycles. The number of hydrogen-bond acceptors (Lipinski definition) is 3. The van der Waals surface area contributed by atoms with E-state index in [1.54, 1.807) is 18.2 Å². The lowest BCUT2D eigenvalue weighted by molar-refractivity contribution is 0.111. The maximum atomic E-state index is 10.5. The molecule has 1 aromatic carbocycles. The molecule has 0 aliphatic rings. The highest BCUT2D eigenvalue weighted by Crippen LogP contribution is 2.18. The Morgan fingerprint density at radius 2 is 1.80 bits per heavy atom. The van der Waals surface area contributed by atoms with E-state index in [-0.39, 0.29) is 0 Å². The summed E-state index contributed by atoms with van der Waals surface area (Å²) in [6.45, 7) is 0. The largest absolute Gasteiger partial charge is 0.439 e. The molecule has 0 atom stereocenters. The molecule has 0 aliphatic heterocycles. The summed E-state index contributed by atoms with van der Waals surface area (Å²) in [4.78, 5) is 14.5. The Kier molecular flexibility index (Phi) is 2.74. The van der Waals surface area contributed by atoms with E-state index < -0.39 is 0 Å². The molecule has 0 unspecified atom stereocenters. The molecule has 1 aromatic heterocycles. The molecule has 3 heteroatoms. The lowest BCUT2D eigenvalue weighted by atomic mass is 10.3. The lowest BCUT2D eigenvalue weighted by Crippen LogP contribution is -1.91. The number of para-hydroxylation sites is 1. The Bertz CT molecular complexity index is 454. The molecule has 0 bridgehead atoms. The highest BCUT2D eigenvalue weighted by molar-refractivity contribution is 5.71. The fraction of sp³-hybridized carbons (Fsp3) is 0. The fourth-order valence-corrected chi connectivity index (χ4v) is 1.16. The highest BCUT2D eigenvalue weighted by atomic mass is 16.5. The second-order valence-electron chi connectivity index (χ2n) is 2.93. The van der Waals surface area contributed by atoms with Gasteiger partial charge in [-0.1, -0.05) is 24.3 Å². The Hall–Kier alpha value is -2.16. The van der Waals surface area contributed by atoms with Crippen LogP contribution >= 0.6 is 0 Å². The van der Waals surface area contributed by atoms with Crippen molar-refractivity contribution in [1.82, 2.24) is 4.98 Å². The minimum atomic E-state index is 0.364. The Morgan fingerprint density at radius 1 is 1.00 bits per heavy atom. The number of carbonyl (C=O) groups excluding carboxylic acids is 1. The van der Waals surface area contributed by atoms with Gasteiger partial charge in [0.05, 0.1) is 0 Å². The molecule has 74 valence electrons. The number of aldehydes is 1. The third-order valence-corrected chi connectivity index (χ3v) is 1.83. The van der Waals surface area contributed by atoms with Crippen LogP contribution in [-0.4, -0.2) is 11.3 Å². The van der Waals surface area contributed by atoms with Crippen molar-refractivity contribution in [2.24, 2.45) is 0 Å². The van der Waals surface area contributed by atoms with Gasteiger partial charge < -0.3 is 4.74 Å². The molecule has 3 nitrogen and oxygen atoms in total. The van der Waals surface area contributed by atoms with Crippen LogP contribution in [0.25, 0.3) is 0 Å². The van der Waals surface area contributed by atoms with Crippen molar-refractivity contribution in [3.8, 4) is 11.6 Å². The third kappa shape index (κ3) is 2.40. The van der Waals surface area contributed by atoms with E-state index in [1.165, 1.54) is 0 Å². The average molecular weight is 199 g/mol. The maximum absolute atomic E-state index is 10.5. The fourth-order valence-electron chi connectivity index (χ4n) is 1.16. The van der Waals surface area contributed by atoms with E-state index in [9.17, 15) is 4.79 Å². The van der Waals surface area contributed by atoms with Crippen LogP contribution < -0.4 is 4.74 Å². The minimum absolute atomic E-state index is 0.364. The van der Waals surface area contributed by atoms with Gasteiger partial charge in [-0.05, 0) is 18.2 Å². The Balaban J connectivity index is 2.21. The molecule has 0 saturated carbocycles. The van der Waals surface area contributed by atoms with Crippen molar-refractivity contribution in [3.63, 3.8) is 0 Å². The molecular weight excluding hydrogens is 190 g/mol. The summed E-state index contributed by atoms with van der Waals surface area (Å²) in [6, 6.07) is 14.4. The molecule has 0 saturated heterocycles. The number of benzene rings is 1. The van der Waals surface area contributed by atoms with Crippen molar-refractivity contribution in [2.45, 2.75) is 0 Å². The third-order valence-electron chi connectivity index (χ3n) is 1.83. The quantitative estimate of drug-likeness (QED) is 0.713. The summed E-state index contributed by atoms with van der Waals surface area (Å²) >= 11 is 0. The first-order valence-corrected chi connectivity index (χ1v) is 4.53. The van der Waals surface area contributed by atoms with Gasteiger partial charge in [-0.2, -0.15) is 0 Å². The first-order valence-electron chi connectivity index (χ1n) is 4.53. The van der Waals surface area contributed by atoms with Crippen LogP contribution in [0.3, 0.4) is 0 Å². The van der Waals surface area contributed by atoms with Gasteiger partial charge in [-0.3, -0.25) is 4.79 Å². The first kappa shape index (κ1) is 9.40. The van der Waals surface area contributed by atoms with Gasteiger partial charge in [0.15, 0.2) is 6.29 Å². The molecule has 0 N–H and O–H groups in total. The molecule has 2 aromatic rings. The molecule has 0 fully saturated rings. The highest BCUT2D eigenvalue weighted by Gasteiger charge is 1.98. The number of ether oxygens (including phenoxy) is 1. The van der Waals surface area contributed by atoms with Gasteiger partial charge in [-0.15, -0.1) is 0 Å². The molecule has 2 rings (SSSR count). The van der Waals surface area contributed by atoms with Gasteiger partial charge in [0.2, 0.25) is 5.88 Å². The normalized spacial score (nSPS) is 9.60. The number of aromatic nitrogens is 1. The molecule has 1 heterocycles. The predicted molar refractivity (Wildman–Crippen MR) is 56.1 cm³/mol. The number of rotatable bonds is 3. The zero-order valence-corrected chi connectivity index (χ0v) is 7.96. The molecule has 15 heavy (non-hydrogen) atoms. The summed E-state index contributed by atoms with van der Waals surface area (Å²) in [6.07, 6.45) is 0.692. The maximum Gasteiger partial charge on any atom is 0.219 e. The van der Waals surface area contributed by atoms with Crippen molar-refractivity contribution >= 4 is 6.29 Å². The Morgan fingerprint density at radius 3 is 2.53 bits per heavy atom. The van der Waals surface area contributed by atoms with Crippen LogP contribution in [0.2, 0.25) is 0 Å². The molecule has 0 spiro atoms. The summed E-state index contributed by atoms with van der Waals surface area (Å²) in [5.74, 6) is 1.12. The summed E-state index contributed by atoms with van der Waals surface area (Å²) in [5.41, 5.74) is 0.364. The zero-order chi connectivity index (χ0) is 10.5. The Labute approximate surface area is 87.3 Å². The van der Waals surface area contributed by atoms with Crippen molar-refractivity contribution in [2.75, 3.05) is 0 Å². The van der Waals surface area contributed by atoms with Crippen molar-refractivity contribution < 1.29 is 9.53 Å². The number of hydrogen-bond donors (Lipinski definition) is 0. The van der Waals surface area contributed by atoms with E-state index in [0.29, 0.717) is 23.6 Å². The van der Waals surface area contributed by atoms with Crippen LogP contribution in [0.5, 0.6) is 11.6 Å². The standard InChI is InChI=1S/C12H9NO2/c14-9-10-5-4-8-12(13-10)15-11-6-2-1-3-7-11/h1-9H. The number of nitrogens with zero attached hydrogens (tertiary/aromatic N) is 1. The van der Waals surface area contributed by atoms with Crippen molar-refractivity contribution in [1.29, 1.82) is 0 Å².